The maximum absolute atomic E-state index is 9.14. The van der Waals surface area contributed by atoms with E-state index in [9.17, 15) is 0 Å². The summed E-state index contributed by atoms with van der Waals surface area (Å²) in [7, 11) is 0. The van der Waals surface area contributed by atoms with Gasteiger partial charge in [0.05, 0.1) is 6.10 Å². The van der Waals surface area contributed by atoms with Crippen LogP contribution in [0.15, 0.2) is 0 Å². The maximum Gasteiger partial charge on any atom is 0.135 e. The predicted octanol–water partition coefficient (Wildman–Crippen LogP) is -2.23. The van der Waals surface area contributed by atoms with Gasteiger partial charge in [0.15, 0.2) is 0 Å². The summed E-state index contributed by atoms with van der Waals surface area (Å²) in [5, 5.41) is 27.3. The molecular formula is C6H13NO4. The van der Waals surface area contributed by atoms with Crippen LogP contribution in [0.25, 0.3) is 0 Å². The van der Waals surface area contributed by atoms with E-state index in [2.05, 4.69) is 0 Å². The summed E-state index contributed by atoms with van der Waals surface area (Å²) < 4.78 is 4.90. The van der Waals surface area contributed by atoms with E-state index in [0.29, 0.717) is 0 Å². The van der Waals surface area contributed by atoms with Gasteiger partial charge in [0, 0.05) is 0 Å². The van der Waals surface area contributed by atoms with Gasteiger partial charge in [-0.25, -0.2) is 0 Å². The van der Waals surface area contributed by atoms with E-state index in [4.69, 9.17) is 25.8 Å². The van der Waals surface area contributed by atoms with Gasteiger partial charge >= 0.3 is 0 Å². The number of aliphatic hydroxyl groups is 3. The molecule has 1 aliphatic rings. The number of hydrogen-bond acceptors (Lipinski definition) is 5. The highest BCUT2D eigenvalue weighted by molar-refractivity contribution is 4.87. The van der Waals surface area contributed by atoms with Gasteiger partial charge in [0.2, 0.25) is 0 Å². The fourth-order valence-corrected chi connectivity index (χ4v) is 1.08. The van der Waals surface area contributed by atoms with Crippen molar-refractivity contribution in [2.24, 2.45) is 5.73 Å². The van der Waals surface area contributed by atoms with E-state index in [1.54, 1.807) is 6.92 Å². The van der Waals surface area contributed by atoms with E-state index in [1.807, 2.05) is 0 Å². The number of hydrogen-bond donors (Lipinski definition) is 4. The van der Waals surface area contributed by atoms with E-state index in [1.165, 1.54) is 0 Å². The minimum absolute atomic E-state index is 0.539. The summed E-state index contributed by atoms with van der Waals surface area (Å²) in [6.07, 6.45) is -4.94. The fourth-order valence-electron chi connectivity index (χ4n) is 1.08. The van der Waals surface area contributed by atoms with Crippen molar-refractivity contribution in [3.8, 4) is 0 Å². The number of rotatable bonds is 0. The zero-order valence-electron chi connectivity index (χ0n) is 6.21. The monoisotopic (exact) mass is 163 g/mol. The minimum atomic E-state index is -1.21. The lowest BCUT2D eigenvalue weighted by molar-refractivity contribution is -0.215. The largest absolute Gasteiger partial charge is 0.388 e. The maximum atomic E-state index is 9.14. The fraction of sp³-hybridized carbons (Fsp3) is 1.00. The molecule has 0 aromatic rings. The average molecular weight is 163 g/mol. The smallest absolute Gasteiger partial charge is 0.135 e. The van der Waals surface area contributed by atoms with Crippen LogP contribution in [0.3, 0.4) is 0 Å². The highest BCUT2D eigenvalue weighted by Gasteiger charge is 2.39. The van der Waals surface area contributed by atoms with Crippen molar-refractivity contribution in [2.75, 3.05) is 0 Å². The molecule has 0 amide bonds. The van der Waals surface area contributed by atoms with Gasteiger partial charge in [-0.2, -0.15) is 0 Å². The molecule has 5 atom stereocenters. The van der Waals surface area contributed by atoms with Gasteiger partial charge in [0.25, 0.3) is 0 Å². The Kier molecular flexibility index (Phi) is 2.46. The molecule has 5 heteroatoms. The van der Waals surface area contributed by atoms with Crippen LogP contribution < -0.4 is 5.73 Å². The Balaban J connectivity index is 2.63. The SMILES string of the molecule is CC1O[C@H](N)C(O)[C@@H](O)[C@@H]1O. The first kappa shape index (κ1) is 8.89. The van der Waals surface area contributed by atoms with Crippen LogP contribution in [0.4, 0.5) is 0 Å². The molecule has 1 aliphatic heterocycles. The van der Waals surface area contributed by atoms with Gasteiger partial charge < -0.3 is 25.8 Å². The van der Waals surface area contributed by atoms with Crippen LogP contribution in [0.2, 0.25) is 0 Å². The Labute approximate surface area is 64.4 Å². The Morgan fingerprint density at radius 3 is 2.18 bits per heavy atom. The Morgan fingerprint density at radius 2 is 1.64 bits per heavy atom. The van der Waals surface area contributed by atoms with Crippen molar-refractivity contribution in [3.05, 3.63) is 0 Å². The Bertz CT molecular complexity index is 129. The zero-order valence-corrected chi connectivity index (χ0v) is 6.21. The van der Waals surface area contributed by atoms with E-state index in [0.717, 1.165) is 0 Å². The van der Waals surface area contributed by atoms with Gasteiger partial charge in [-0.15, -0.1) is 0 Å². The lowest BCUT2D eigenvalue weighted by Crippen LogP contribution is -2.59. The van der Waals surface area contributed by atoms with Crippen LogP contribution in [-0.4, -0.2) is 46.0 Å². The molecule has 1 rings (SSSR count). The second-order valence-electron chi connectivity index (χ2n) is 2.78. The molecule has 0 aromatic carbocycles. The van der Waals surface area contributed by atoms with Gasteiger partial charge in [0.1, 0.15) is 24.5 Å². The molecular weight excluding hydrogens is 150 g/mol. The lowest BCUT2D eigenvalue weighted by atomic mass is 9.99. The molecule has 5 nitrogen and oxygen atoms in total. The summed E-state index contributed by atoms with van der Waals surface area (Å²) in [4.78, 5) is 0. The van der Waals surface area contributed by atoms with Crippen LogP contribution in [0, 0.1) is 0 Å². The molecule has 0 radical (unpaired) electrons. The van der Waals surface area contributed by atoms with Crippen molar-refractivity contribution in [3.63, 3.8) is 0 Å². The van der Waals surface area contributed by atoms with Crippen molar-refractivity contribution >= 4 is 0 Å². The van der Waals surface area contributed by atoms with E-state index < -0.39 is 30.6 Å². The minimum Gasteiger partial charge on any atom is -0.388 e. The zero-order chi connectivity index (χ0) is 8.59. The summed E-state index contributed by atoms with van der Waals surface area (Å²) in [5.74, 6) is 0. The summed E-state index contributed by atoms with van der Waals surface area (Å²) >= 11 is 0. The highest BCUT2D eigenvalue weighted by atomic mass is 16.5. The summed E-state index contributed by atoms with van der Waals surface area (Å²) in [5.41, 5.74) is 5.28. The van der Waals surface area contributed by atoms with Gasteiger partial charge in [-0.3, -0.25) is 0 Å². The molecule has 1 fully saturated rings. The molecule has 66 valence electrons. The first-order valence-electron chi connectivity index (χ1n) is 3.49. The predicted molar refractivity (Wildman–Crippen MR) is 36.5 cm³/mol. The molecule has 1 heterocycles. The van der Waals surface area contributed by atoms with E-state index >= 15 is 0 Å². The number of aliphatic hydroxyl groups excluding tert-OH is 3. The first-order chi connectivity index (χ1) is 5.04. The molecule has 0 aliphatic carbocycles. The molecule has 0 spiro atoms. The third-order valence-corrected chi connectivity index (χ3v) is 1.89. The van der Waals surface area contributed by atoms with Crippen molar-refractivity contribution < 1.29 is 20.1 Å². The topological polar surface area (TPSA) is 95.9 Å². The van der Waals surface area contributed by atoms with Crippen molar-refractivity contribution in [1.29, 1.82) is 0 Å². The van der Waals surface area contributed by atoms with Crippen LogP contribution >= 0.6 is 0 Å². The summed E-state index contributed by atoms with van der Waals surface area (Å²) in [6, 6.07) is 0. The second-order valence-corrected chi connectivity index (χ2v) is 2.78. The molecule has 1 saturated heterocycles. The van der Waals surface area contributed by atoms with Crippen LogP contribution in [0.1, 0.15) is 6.92 Å². The Morgan fingerprint density at radius 1 is 1.09 bits per heavy atom. The second kappa shape index (κ2) is 3.04. The van der Waals surface area contributed by atoms with Crippen LogP contribution in [-0.2, 0) is 4.74 Å². The van der Waals surface area contributed by atoms with Crippen molar-refractivity contribution in [1.82, 2.24) is 0 Å². The third kappa shape index (κ3) is 1.52. The molecule has 0 bridgehead atoms. The highest BCUT2D eigenvalue weighted by Crippen LogP contribution is 2.17. The number of nitrogens with two attached hydrogens (primary N) is 1. The first-order valence-corrected chi connectivity index (χ1v) is 3.49. The standard InChI is InChI=1S/C6H13NO4/c1-2-3(8)4(9)5(10)6(7)11-2/h2-6,8-10H,7H2,1H3/t2?,3-,4+,5?,6+/m1/s1. The number of ether oxygens (including phenoxy) is 1. The van der Waals surface area contributed by atoms with Gasteiger partial charge in [-0.1, -0.05) is 0 Å². The normalized spacial score (nSPS) is 52.6. The average Bonchev–Trinajstić information content (AvgIpc) is 1.97. The molecule has 2 unspecified atom stereocenters. The molecule has 5 N–H and O–H groups in total. The lowest BCUT2D eigenvalue weighted by Gasteiger charge is -2.37. The van der Waals surface area contributed by atoms with Crippen molar-refractivity contribution in [2.45, 2.75) is 37.6 Å². The molecule has 0 aromatic heterocycles. The molecule has 11 heavy (non-hydrogen) atoms. The summed E-state index contributed by atoms with van der Waals surface area (Å²) in [6.45, 7) is 1.58. The van der Waals surface area contributed by atoms with Gasteiger partial charge in [-0.05, 0) is 6.92 Å². The quantitative estimate of drug-likeness (QED) is 0.324. The molecule has 0 saturated carbocycles. The Hall–Kier alpha value is -0.200. The third-order valence-electron chi connectivity index (χ3n) is 1.89. The van der Waals surface area contributed by atoms with Crippen LogP contribution in [0.5, 0.6) is 0 Å². The van der Waals surface area contributed by atoms with E-state index in [-0.39, 0.29) is 0 Å².